The molecule has 2 rings (SSSR count). The SMILES string of the molecule is CC1CN(c2cccc(Cl)c2CBr)CCCO1. The summed E-state index contributed by atoms with van der Waals surface area (Å²) in [4.78, 5) is 2.38. The molecule has 1 unspecified atom stereocenters. The molecule has 1 heterocycles. The molecule has 0 radical (unpaired) electrons. The Bertz CT molecular complexity index is 386. The lowest BCUT2D eigenvalue weighted by molar-refractivity contribution is 0.0821. The van der Waals surface area contributed by atoms with E-state index in [0.717, 1.165) is 36.5 Å². The highest BCUT2D eigenvalue weighted by atomic mass is 79.9. The van der Waals surface area contributed by atoms with Crippen molar-refractivity contribution in [3.63, 3.8) is 0 Å². The average Bonchev–Trinajstić information content (AvgIpc) is 2.53. The molecule has 1 atom stereocenters. The van der Waals surface area contributed by atoms with Gasteiger partial charge in [0.15, 0.2) is 0 Å². The van der Waals surface area contributed by atoms with Crippen molar-refractivity contribution in [2.75, 3.05) is 24.6 Å². The summed E-state index contributed by atoms with van der Waals surface area (Å²) in [6, 6.07) is 6.10. The zero-order valence-electron chi connectivity index (χ0n) is 9.96. The van der Waals surface area contributed by atoms with Crippen molar-refractivity contribution in [1.29, 1.82) is 0 Å². The van der Waals surface area contributed by atoms with E-state index >= 15 is 0 Å². The highest BCUT2D eigenvalue weighted by molar-refractivity contribution is 9.08. The first-order valence-corrected chi connectivity index (χ1v) is 7.42. The molecule has 1 saturated heterocycles. The molecule has 17 heavy (non-hydrogen) atoms. The van der Waals surface area contributed by atoms with Gasteiger partial charge in [-0.3, -0.25) is 0 Å². The summed E-state index contributed by atoms with van der Waals surface area (Å²) >= 11 is 9.76. The smallest absolute Gasteiger partial charge is 0.0721 e. The quantitative estimate of drug-likeness (QED) is 0.768. The third-order valence-electron chi connectivity index (χ3n) is 3.02. The van der Waals surface area contributed by atoms with E-state index in [1.54, 1.807) is 0 Å². The number of benzene rings is 1. The molecule has 0 aromatic heterocycles. The molecule has 0 bridgehead atoms. The van der Waals surface area contributed by atoms with Gasteiger partial charge in [-0.15, -0.1) is 0 Å². The molecule has 0 spiro atoms. The van der Waals surface area contributed by atoms with Crippen molar-refractivity contribution in [3.8, 4) is 0 Å². The van der Waals surface area contributed by atoms with Gasteiger partial charge in [-0.05, 0) is 25.5 Å². The molecule has 1 aliphatic heterocycles. The van der Waals surface area contributed by atoms with Crippen molar-refractivity contribution < 1.29 is 4.74 Å². The number of hydrogen-bond donors (Lipinski definition) is 0. The Balaban J connectivity index is 2.28. The van der Waals surface area contributed by atoms with Gasteiger partial charge in [0.1, 0.15) is 0 Å². The number of rotatable bonds is 2. The molecule has 0 saturated carbocycles. The molecule has 0 aliphatic carbocycles. The normalized spacial score (nSPS) is 21.4. The lowest BCUT2D eigenvalue weighted by atomic mass is 10.1. The van der Waals surface area contributed by atoms with Crippen molar-refractivity contribution in [2.24, 2.45) is 0 Å². The van der Waals surface area contributed by atoms with Crippen LogP contribution in [0.1, 0.15) is 18.9 Å². The molecular weight excluding hydrogens is 302 g/mol. The van der Waals surface area contributed by atoms with Crippen molar-refractivity contribution >= 4 is 33.2 Å². The van der Waals surface area contributed by atoms with E-state index in [0.29, 0.717) is 0 Å². The number of hydrogen-bond acceptors (Lipinski definition) is 2. The average molecular weight is 319 g/mol. The summed E-state index contributed by atoms with van der Waals surface area (Å²) < 4.78 is 5.67. The topological polar surface area (TPSA) is 12.5 Å². The molecule has 0 N–H and O–H groups in total. The van der Waals surface area contributed by atoms with Crippen LogP contribution in [-0.4, -0.2) is 25.8 Å². The summed E-state index contributed by atoms with van der Waals surface area (Å²) in [5.74, 6) is 0. The number of anilines is 1. The maximum Gasteiger partial charge on any atom is 0.0721 e. The van der Waals surface area contributed by atoms with Crippen LogP contribution in [0.2, 0.25) is 5.02 Å². The van der Waals surface area contributed by atoms with Gasteiger partial charge in [-0.2, -0.15) is 0 Å². The fourth-order valence-corrected chi connectivity index (χ4v) is 3.18. The zero-order valence-corrected chi connectivity index (χ0v) is 12.3. The number of halogens is 2. The fraction of sp³-hybridized carbons (Fsp3) is 0.538. The van der Waals surface area contributed by atoms with Crippen LogP contribution in [-0.2, 0) is 10.1 Å². The molecule has 94 valence electrons. The summed E-state index contributed by atoms with van der Waals surface area (Å²) in [7, 11) is 0. The molecule has 1 aromatic rings. The van der Waals surface area contributed by atoms with Crippen LogP contribution in [0.4, 0.5) is 5.69 Å². The van der Waals surface area contributed by atoms with Gasteiger partial charge < -0.3 is 9.64 Å². The summed E-state index contributed by atoms with van der Waals surface area (Å²) in [6.07, 6.45) is 1.35. The minimum Gasteiger partial charge on any atom is -0.377 e. The van der Waals surface area contributed by atoms with Gasteiger partial charge in [0.05, 0.1) is 6.10 Å². The van der Waals surface area contributed by atoms with Crippen LogP contribution in [0.3, 0.4) is 0 Å². The van der Waals surface area contributed by atoms with Gasteiger partial charge in [0.25, 0.3) is 0 Å². The predicted octanol–water partition coefficient (Wildman–Crippen LogP) is 3.85. The first-order valence-electron chi connectivity index (χ1n) is 5.92. The lowest BCUT2D eigenvalue weighted by Gasteiger charge is -2.26. The van der Waals surface area contributed by atoms with Crippen molar-refractivity contribution in [2.45, 2.75) is 24.8 Å². The standard InChI is InChI=1S/C13H17BrClNO/c1-10-9-16(6-3-7-17-10)13-5-2-4-12(15)11(13)8-14/h2,4-5,10H,3,6-9H2,1H3. The first kappa shape index (κ1) is 13.2. The second-order valence-corrected chi connectivity index (χ2v) is 5.32. The number of alkyl halides is 1. The van der Waals surface area contributed by atoms with E-state index in [2.05, 4.69) is 33.8 Å². The lowest BCUT2D eigenvalue weighted by Crippen LogP contribution is -2.30. The van der Waals surface area contributed by atoms with Crippen molar-refractivity contribution in [3.05, 3.63) is 28.8 Å². The molecule has 2 nitrogen and oxygen atoms in total. The van der Waals surface area contributed by atoms with Crippen LogP contribution in [0.5, 0.6) is 0 Å². The monoisotopic (exact) mass is 317 g/mol. The Labute approximate surface area is 116 Å². The first-order chi connectivity index (χ1) is 8.22. The highest BCUT2D eigenvalue weighted by Gasteiger charge is 2.18. The van der Waals surface area contributed by atoms with Crippen LogP contribution >= 0.6 is 27.5 Å². The van der Waals surface area contributed by atoms with Crippen LogP contribution in [0, 0.1) is 0 Å². The molecule has 0 amide bonds. The van der Waals surface area contributed by atoms with Gasteiger partial charge >= 0.3 is 0 Å². The van der Waals surface area contributed by atoms with Gasteiger partial charge in [-0.1, -0.05) is 33.6 Å². The van der Waals surface area contributed by atoms with E-state index in [-0.39, 0.29) is 6.10 Å². The second-order valence-electron chi connectivity index (χ2n) is 4.35. The third-order valence-corrected chi connectivity index (χ3v) is 3.94. The highest BCUT2D eigenvalue weighted by Crippen LogP contribution is 2.30. The summed E-state index contributed by atoms with van der Waals surface area (Å²) in [5.41, 5.74) is 2.40. The van der Waals surface area contributed by atoms with E-state index in [1.165, 1.54) is 11.3 Å². The number of nitrogens with zero attached hydrogens (tertiary/aromatic N) is 1. The van der Waals surface area contributed by atoms with Crippen molar-refractivity contribution in [1.82, 2.24) is 0 Å². The van der Waals surface area contributed by atoms with Gasteiger partial charge in [0, 0.05) is 41.3 Å². The molecule has 1 fully saturated rings. The Kier molecular flexibility index (Phi) is 4.71. The van der Waals surface area contributed by atoms with E-state index in [9.17, 15) is 0 Å². The number of ether oxygens (including phenoxy) is 1. The Morgan fingerprint density at radius 2 is 2.35 bits per heavy atom. The van der Waals surface area contributed by atoms with Crippen LogP contribution < -0.4 is 4.90 Å². The Morgan fingerprint density at radius 1 is 1.53 bits per heavy atom. The minimum atomic E-state index is 0.277. The molecular formula is C13H17BrClNO. The minimum absolute atomic E-state index is 0.277. The molecule has 1 aliphatic rings. The fourth-order valence-electron chi connectivity index (χ4n) is 2.19. The maximum absolute atomic E-state index is 6.24. The van der Waals surface area contributed by atoms with Crippen LogP contribution in [0.25, 0.3) is 0 Å². The predicted molar refractivity (Wildman–Crippen MR) is 76.3 cm³/mol. The largest absolute Gasteiger partial charge is 0.377 e. The Morgan fingerprint density at radius 3 is 3.12 bits per heavy atom. The van der Waals surface area contributed by atoms with Gasteiger partial charge in [-0.25, -0.2) is 0 Å². The summed E-state index contributed by atoms with van der Waals surface area (Å²) in [6.45, 7) is 4.93. The maximum atomic E-state index is 6.24. The third kappa shape index (κ3) is 3.15. The molecule has 4 heteroatoms. The second kappa shape index (κ2) is 6.07. The Hall–Kier alpha value is -0.250. The van der Waals surface area contributed by atoms with E-state index in [1.807, 2.05) is 12.1 Å². The van der Waals surface area contributed by atoms with Gasteiger partial charge in [0.2, 0.25) is 0 Å². The molecule has 1 aromatic carbocycles. The zero-order chi connectivity index (χ0) is 12.3. The van der Waals surface area contributed by atoms with E-state index in [4.69, 9.17) is 16.3 Å². The summed E-state index contributed by atoms with van der Waals surface area (Å²) in [5, 5.41) is 1.62. The van der Waals surface area contributed by atoms with E-state index < -0.39 is 0 Å². The van der Waals surface area contributed by atoms with Crippen LogP contribution in [0.15, 0.2) is 18.2 Å².